The fraction of sp³-hybridized carbons (Fsp3) is 0. The lowest BCUT2D eigenvalue weighted by atomic mass is 9.96. The molecular weight excluding hydrogens is 801 g/mol. The smallest absolute Gasteiger partial charge is 0.104 e. The van der Waals surface area contributed by atoms with Crippen molar-refractivity contribution in [1.82, 2.24) is 9.13 Å². The van der Waals surface area contributed by atoms with Gasteiger partial charge in [-0.2, -0.15) is 10.5 Å². The summed E-state index contributed by atoms with van der Waals surface area (Å²) in [6.07, 6.45) is 0. The largest absolute Gasteiger partial charge is 0.308 e. The minimum Gasteiger partial charge on any atom is -0.308 e. The summed E-state index contributed by atoms with van der Waals surface area (Å²) in [6, 6.07) is 85.6. The fourth-order valence-corrected chi connectivity index (χ4v) is 9.89. The monoisotopic (exact) mass is 838 g/mol. The van der Waals surface area contributed by atoms with Gasteiger partial charge in [0.2, 0.25) is 0 Å². The number of fused-ring (bicyclic) bond motifs is 6. The summed E-state index contributed by atoms with van der Waals surface area (Å²) in [7, 11) is 0. The van der Waals surface area contributed by atoms with Gasteiger partial charge in [-0.25, -0.2) is 0 Å². The van der Waals surface area contributed by atoms with Crippen LogP contribution in [-0.2, 0) is 0 Å². The molecule has 0 aliphatic carbocycles. The van der Waals surface area contributed by atoms with Gasteiger partial charge in [0.25, 0.3) is 0 Å². The van der Waals surface area contributed by atoms with Gasteiger partial charge in [-0.3, -0.25) is 0 Å². The van der Waals surface area contributed by atoms with Crippen molar-refractivity contribution in [3.8, 4) is 79.1 Å². The second-order valence-electron chi connectivity index (χ2n) is 16.7. The van der Waals surface area contributed by atoms with E-state index < -0.39 is 0 Å². The lowest BCUT2D eigenvalue weighted by molar-refractivity contribution is 1.12. The number of nitriles is 2. The molecule has 0 aliphatic heterocycles. The Kier molecular flexibility index (Phi) is 9.23. The molecule has 0 atom stereocenters. The van der Waals surface area contributed by atoms with E-state index in [0.29, 0.717) is 11.1 Å². The molecule has 4 nitrogen and oxygen atoms in total. The molecule has 66 heavy (non-hydrogen) atoms. The average Bonchev–Trinajstić information content (AvgIpc) is 3.90. The second-order valence-corrected chi connectivity index (χ2v) is 16.7. The molecule has 0 fully saturated rings. The van der Waals surface area contributed by atoms with E-state index in [-0.39, 0.29) is 0 Å². The van der Waals surface area contributed by atoms with E-state index in [1.807, 2.05) is 48.5 Å². The van der Waals surface area contributed by atoms with Gasteiger partial charge >= 0.3 is 0 Å². The van der Waals surface area contributed by atoms with Gasteiger partial charge in [0.1, 0.15) is 11.6 Å². The van der Waals surface area contributed by atoms with E-state index >= 15 is 0 Å². The predicted molar refractivity (Wildman–Crippen MR) is 272 cm³/mol. The van der Waals surface area contributed by atoms with Crippen LogP contribution in [0.4, 0.5) is 0 Å². The minimum atomic E-state index is 0.519. The third kappa shape index (κ3) is 6.36. The molecule has 0 N–H and O–H groups in total. The Bertz CT molecular complexity index is 3730. The lowest BCUT2D eigenvalue weighted by Crippen LogP contribution is -2.06. The third-order valence-electron chi connectivity index (χ3n) is 13.0. The maximum absolute atomic E-state index is 11.8. The highest BCUT2D eigenvalue weighted by Crippen LogP contribution is 2.44. The van der Waals surface area contributed by atoms with Crippen molar-refractivity contribution in [2.75, 3.05) is 0 Å². The molecular formula is C62H38N4. The van der Waals surface area contributed by atoms with Crippen molar-refractivity contribution in [2.45, 2.75) is 0 Å². The molecule has 306 valence electrons. The Hall–Kier alpha value is -9.22. The number of nitrogens with zero attached hydrogens (tertiary/aromatic N) is 4. The molecule has 0 saturated carbocycles. The third-order valence-corrected chi connectivity index (χ3v) is 13.0. The number of benzene rings is 10. The fourth-order valence-electron chi connectivity index (χ4n) is 9.89. The molecule has 12 rings (SSSR count). The van der Waals surface area contributed by atoms with Crippen molar-refractivity contribution < 1.29 is 0 Å². The zero-order valence-corrected chi connectivity index (χ0v) is 35.7. The molecule has 10 aromatic carbocycles. The molecule has 0 unspecified atom stereocenters. The summed E-state index contributed by atoms with van der Waals surface area (Å²) in [5.74, 6) is 0. The number of rotatable bonds is 7. The average molecular weight is 839 g/mol. The SMILES string of the molecule is N#Cc1cccc(-c2ccc(-n3c4ccc(-c5ccccc5)cc4c4cc(-c5ccccc5)ccc43)c(C#N)c2-n2c3ccc(-c4ccccc4)cc3c3cc(-c4ccccc4)ccc32)c1. The maximum atomic E-state index is 11.8. The van der Waals surface area contributed by atoms with Crippen LogP contribution in [0, 0.1) is 22.7 Å². The first kappa shape index (κ1) is 38.5. The standard InChI is InChI=1S/C62H38N4/c63-39-41-14-13-23-50(34-41)51-28-33-61(65-57-29-24-46(42-15-5-1-6-16-42)35-52(57)53-36-47(25-30-58(53)65)43-17-7-2-8-18-43)56(40-64)62(51)66-59-31-26-48(44-19-9-3-10-20-44)37-54(59)55-38-49(27-32-60(55)66)45-21-11-4-12-22-45/h1-38H. The number of aromatic nitrogens is 2. The van der Waals surface area contributed by atoms with Crippen LogP contribution in [-0.4, -0.2) is 9.13 Å². The first-order valence-electron chi connectivity index (χ1n) is 22.1. The van der Waals surface area contributed by atoms with Gasteiger partial charge in [-0.15, -0.1) is 0 Å². The topological polar surface area (TPSA) is 57.4 Å². The Balaban J connectivity index is 1.19. The van der Waals surface area contributed by atoms with Crippen molar-refractivity contribution in [3.63, 3.8) is 0 Å². The van der Waals surface area contributed by atoms with Gasteiger partial charge in [0.15, 0.2) is 0 Å². The molecule has 0 bridgehead atoms. The van der Waals surface area contributed by atoms with E-state index in [4.69, 9.17) is 0 Å². The van der Waals surface area contributed by atoms with E-state index in [1.165, 1.54) is 0 Å². The summed E-state index contributed by atoms with van der Waals surface area (Å²) in [4.78, 5) is 0. The highest BCUT2D eigenvalue weighted by atomic mass is 15.0. The zero-order valence-electron chi connectivity index (χ0n) is 35.7. The van der Waals surface area contributed by atoms with Crippen LogP contribution in [0.3, 0.4) is 0 Å². The molecule has 0 radical (unpaired) electrons. The first-order chi connectivity index (χ1) is 32.6. The summed E-state index contributed by atoms with van der Waals surface area (Å²) in [5, 5.41) is 26.3. The van der Waals surface area contributed by atoms with Gasteiger partial charge < -0.3 is 9.13 Å². The van der Waals surface area contributed by atoms with Gasteiger partial charge in [-0.1, -0.05) is 164 Å². The summed E-state index contributed by atoms with van der Waals surface area (Å²) in [5.41, 5.74) is 17.2. The molecule has 2 aromatic heterocycles. The Morgan fingerprint density at radius 2 is 0.667 bits per heavy atom. The van der Waals surface area contributed by atoms with Crippen molar-refractivity contribution >= 4 is 43.6 Å². The number of hydrogen-bond donors (Lipinski definition) is 0. The minimum absolute atomic E-state index is 0.519. The molecule has 0 aliphatic rings. The van der Waals surface area contributed by atoms with Crippen molar-refractivity contribution in [3.05, 3.63) is 242 Å². The molecule has 12 aromatic rings. The first-order valence-corrected chi connectivity index (χ1v) is 22.1. The van der Waals surface area contributed by atoms with Crippen LogP contribution in [0.25, 0.3) is 111 Å². The van der Waals surface area contributed by atoms with E-state index in [2.05, 4.69) is 203 Å². The molecule has 0 amide bonds. The molecule has 0 spiro atoms. The van der Waals surface area contributed by atoms with Crippen LogP contribution < -0.4 is 0 Å². The quantitative estimate of drug-likeness (QED) is 0.161. The predicted octanol–water partition coefficient (Wildman–Crippen LogP) is 16.0. The Labute approximate surface area is 382 Å². The number of hydrogen-bond acceptors (Lipinski definition) is 2. The van der Waals surface area contributed by atoms with Crippen LogP contribution in [0.5, 0.6) is 0 Å². The molecule has 4 heteroatoms. The molecule has 2 heterocycles. The maximum Gasteiger partial charge on any atom is 0.104 e. The van der Waals surface area contributed by atoms with Crippen molar-refractivity contribution in [2.24, 2.45) is 0 Å². The van der Waals surface area contributed by atoms with Gasteiger partial charge in [0.05, 0.1) is 45.1 Å². The Morgan fingerprint density at radius 1 is 0.288 bits per heavy atom. The zero-order chi connectivity index (χ0) is 44.1. The van der Waals surface area contributed by atoms with Gasteiger partial charge in [0, 0.05) is 27.1 Å². The van der Waals surface area contributed by atoms with E-state index in [9.17, 15) is 10.5 Å². The normalized spacial score (nSPS) is 11.3. The van der Waals surface area contributed by atoms with Crippen LogP contribution in [0.2, 0.25) is 0 Å². The lowest BCUT2D eigenvalue weighted by Gasteiger charge is -2.20. The summed E-state index contributed by atoms with van der Waals surface area (Å²) < 4.78 is 4.54. The van der Waals surface area contributed by atoms with E-state index in [0.717, 1.165) is 111 Å². The van der Waals surface area contributed by atoms with Crippen LogP contribution in [0.1, 0.15) is 11.1 Å². The summed E-state index contributed by atoms with van der Waals surface area (Å²) in [6.45, 7) is 0. The van der Waals surface area contributed by atoms with Crippen molar-refractivity contribution in [1.29, 1.82) is 10.5 Å². The van der Waals surface area contributed by atoms with Crippen LogP contribution >= 0.6 is 0 Å². The van der Waals surface area contributed by atoms with Gasteiger partial charge in [-0.05, 0) is 117 Å². The Morgan fingerprint density at radius 3 is 1.05 bits per heavy atom. The van der Waals surface area contributed by atoms with Crippen LogP contribution in [0.15, 0.2) is 231 Å². The van der Waals surface area contributed by atoms with E-state index in [1.54, 1.807) is 0 Å². The highest BCUT2D eigenvalue weighted by Gasteiger charge is 2.25. The summed E-state index contributed by atoms with van der Waals surface area (Å²) >= 11 is 0. The second kappa shape index (κ2) is 15.8. The molecule has 0 saturated heterocycles. The highest BCUT2D eigenvalue weighted by molar-refractivity contribution is 6.14.